The molecule has 1 unspecified atom stereocenters. The summed E-state index contributed by atoms with van der Waals surface area (Å²) < 4.78 is 0. The average Bonchev–Trinajstić information content (AvgIpc) is 2.57. The van der Waals surface area contributed by atoms with Crippen molar-refractivity contribution in [3.63, 3.8) is 0 Å². The highest BCUT2D eigenvalue weighted by Gasteiger charge is 2.30. The molecule has 4 nitrogen and oxygen atoms in total. The lowest BCUT2D eigenvalue weighted by Gasteiger charge is -2.41. The van der Waals surface area contributed by atoms with Gasteiger partial charge in [-0.15, -0.1) is 0 Å². The summed E-state index contributed by atoms with van der Waals surface area (Å²) in [6.45, 7) is 6.14. The van der Waals surface area contributed by atoms with E-state index in [0.29, 0.717) is 10.7 Å². The Labute approximate surface area is 144 Å². The third kappa shape index (κ3) is 3.93. The maximum Gasteiger partial charge on any atom is 0.104 e. The number of halogens is 1. The maximum atomic E-state index is 9.68. The molecule has 2 heterocycles. The number of nitrogen functional groups attached to an aromatic ring is 1. The third-order valence-corrected chi connectivity index (χ3v) is 5.99. The van der Waals surface area contributed by atoms with Gasteiger partial charge in [0.1, 0.15) is 6.23 Å². The van der Waals surface area contributed by atoms with Gasteiger partial charge in [-0.05, 0) is 62.6 Å². The molecule has 0 aromatic heterocycles. The van der Waals surface area contributed by atoms with Crippen molar-refractivity contribution in [3.8, 4) is 0 Å². The Morgan fingerprint density at radius 1 is 1.09 bits per heavy atom. The van der Waals surface area contributed by atoms with Crippen LogP contribution in [0.5, 0.6) is 0 Å². The fourth-order valence-electron chi connectivity index (χ4n) is 4.11. The highest BCUT2D eigenvalue weighted by molar-refractivity contribution is 6.33. The zero-order chi connectivity index (χ0) is 16.4. The van der Waals surface area contributed by atoms with Crippen LogP contribution in [0.25, 0.3) is 0 Å². The van der Waals surface area contributed by atoms with Crippen LogP contribution in [0.4, 0.5) is 11.4 Å². The first kappa shape index (κ1) is 16.9. The van der Waals surface area contributed by atoms with E-state index in [-0.39, 0.29) is 6.23 Å². The van der Waals surface area contributed by atoms with Crippen LogP contribution in [0.3, 0.4) is 0 Å². The summed E-state index contributed by atoms with van der Waals surface area (Å²) >= 11 is 6.15. The Bertz CT molecular complexity index is 521. The van der Waals surface area contributed by atoms with E-state index in [1.54, 1.807) is 0 Å². The Balaban J connectivity index is 1.51. The molecule has 3 rings (SSSR count). The van der Waals surface area contributed by atoms with Crippen LogP contribution >= 0.6 is 11.6 Å². The van der Waals surface area contributed by atoms with Gasteiger partial charge in [-0.3, -0.25) is 4.90 Å². The fraction of sp³-hybridized carbons (Fsp3) is 0.667. The van der Waals surface area contributed by atoms with E-state index in [9.17, 15) is 5.11 Å². The minimum Gasteiger partial charge on any atom is -0.398 e. The summed E-state index contributed by atoms with van der Waals surface area (Å²) in [6, 6.07) is 5.95. The van der Waals surface area contributed by atoms with Crippen molar-refractivity contribution in [1.82, 2.24) is 4.90 Å². The molecule has 1 aromatic rings. The van der Waals surface area contributed by atoms with E-state index in [1.807, 2.05) is 19.1 Å². The van der Waals surface area contributed by atoms with Crippen LogP contribution in [-0.4, -0.2) is 42.4 Å². The predicted molar refractivity (Wildman–Crippen MR) is 96.8 cm³/mol. The molecular weight excluding hydrogens is 310 g/mol. The molecule has 2 saturated heterocycles. The first-order valence-electron chi connectivity index (χ1n) is 8.76. The summed E-state index contributed by atoms with van der Waals surface area (Å²) in [5, 5.41) is 10.3. The SMILES string of the molecule is CC(O)N1CCC(C2CCN(c3ccc(N)c(Cl)c3)CC2)CC1. The second-order valence-corrected chi connectivity index (χ2v) is 7.44. The number of hydrogen-bond donors (Lipinski definition) is 2. The van der Waals surface area contributed by atoms with Gasteiger partial charge in [0.15, 0.2) is 0 Å². The Hall–Kier alpha value is -0.970. The molecule has 128 valence electrons. The molecule has 3 N–H and O–H groups in total. The smallest absolute Gasteiger partial charge is 0.104 e. The molecular formula is C18H28ClN3O. The van der Waals surface area contributed by atoms with Crippen LogP contribution in [-0.2, 0) is 0 Å². The average molecular weight is 338 g/mol. The highest BCUT2D eigenvalue weighted by atomic mass is 35.5. The molecule has 0 spiro atoms. The predicted octanol–water partition coefficient (Wildman–Crippen LogP) is 3.19. The minimum absolute atomic E-state index is 0.298. The summed E-state index contributed by atoms with van der Waals surface area (Å²) in [6.07, 6.45) is 4.66. The van der Waals surface area contributed by atoms with Crippen molar-refractivity contribution in [2.24, 2.45) is 11.8 Å². The second-order valence-electron chi connectivity index (χ2n) is 7.04. The number of rotatable bonds is 3. The van der Waals surface area contributed by atoms with E-state index in [4.69, 9.17) is 17.3 Å². The van der Waals surface area contributed by atoms with Gasteiger partial charge in [0, 0.05) is 31.9 Å². The van der Waals surface area contributed by atoms with E-state index in [2.05, 4.69) is 15.9 Å². The topological polar surface area (TPSA) is 52.7 Å². The number of nitrogens with two attached hydrogens (primary N) is 1. The zero-order valence-electron chi connectivity index (χ0n) is 13.9. The molecule has 0 radical (unpaired) electrons. The molecule has 2 aliphatic rings. The molecule has 2 fully saturated rings. The maximum absolute atomic E-state index is 9.68. The Kier molecular flexibility index (Phi) is 5.34. The second kappa shape index (κ2) is 7.29. The van der Waals surface area contributed by atoms with Gasteiger partial charge >= 0.3 is 0 Å². The minimum atomic E-state index is -0.298. The first-order chi connectivity index (χ1) is 11.0. The van der Waals surface area contributed by atoms with Crippen molar-refractivity contribution < 1.29 is 5.11 Å². The monoisotopic (exact) mass is 337 g/mol. The van der Waals surface area contributed by atoms with Crippen molar-refractivity contribution in [1.29, 1.82) is 0 Å². The van der Waals surface area contributed by atoms with Crippen molar-refractivity contribution >= 4 is 23.0 Å². The van der Waals surface area contributed by atoms with Gasteiger partial charge < -0.3 is 15.7 Å². The molecule has 0 amide bonds. The largest absolute Gasteiger partial charge is 0.398 e. The lowest BCUT2D eigenvalue weighted by molar-refractivity contribution is -0.0110. The lowest BCUT2D eigenvalue weighted by atomic mass is 9.78. The zero-order valence-corrected chi connectivity index (χ0v) is 14.7. The number of benzene rings is 1. The fourth-order valence-corrected chi connectivity index (χ4v) is 4.28. The third-order valence-electron chi connectivity index (χ3n) is 5.66. The van der Waals surface area contributed by atoms with Crippen molar-refractivity contribution in [2.75, 3.05) is 36.8 Å². The lowest BCUT2D eigenvalue weighted by Crippen LogP contribution is -2.43. The van der Waals surface area contributed by atoms with E-state index < -0.39 is 0 Å². The van der Waals surface area contributed by atoms with Crippen LogP contribution in [0, 0.1) is 11.8 Å². The van der Waals surface area contributed by atoms with Gasteiger partial charge in [-0.25, -0.2) is 0 Å². The van der Waals surface area contributed by atoms with Gasteiger partial charge in [0.25, 0.3) is 0 Å². The molecule has 23 heavy (non-hydrogen) atoms. The number of nitrogens with zero attached hydrogens (tertiary/aromatic N) is 2. The molecule has 0 saturated carbocycles. The van der Waals surface area contributed by atoms with Crippen molar-refractivity contribution in [2.45, 2.75) is 38.8 Å². The van der Waals surface area contributed by atoms with Crippen LogP contribution in [0.15, 0.2) is 18.2 Å². The number of likely N-dealkylation sites (tertiary alicyclic amines) is 1. The molecule has 5 heteroatoms. The molecule has 1 aromatic carbocycles. The quantitative estimate of drug-likeness (QED) is 0.832. The summed E-state index contributed by atoms with van der Waals surface area (Å²) in [5.74, 6) is 1.65. The summed E-state index contributed by atoms with van der Waals surface area (Å²) in [7, 11) is 0. The van der Waals surface area contributed by atoms with Crippen LogP contribution in [0.2, 0.25) is 5.02 Å². The van der Waals surface area contributed by atoms with Crippen LogP contribution < -0.4 is 10.6 Å². The van der Waals surface area contributed by atoms with Crippen LogP contribution in [0.1, 0.15) is 32.6 Å². The summed E-state index contributed by atoms with van der Waals surface area (Å²) in [4.78, 5) is 4.61. The van der Waals surface area contributed by atoms with E-state index >= 15 is 0 Å². The van der Waals surface area contributed by atoms with Crippen molar-refractivity contribution in [3.05, 3.63) is 23.2 Å². The summed E-state index contributed by atoms with van der Waals surface area (Å²) in [5.41, 5.74) is 7.63. The molecule has 1 atom stereocenters. The van der Waals surface area contributed by atoms with Gasteiger partial charge in [-0.2, -0.15) is 0 Å². The van der Waals surface area contributed by atoms with E-state index in [0.717, 1.165) is 38.0 Å². The molecule has 0 aliphatic carbocycles. The van der Waals surface area contributed by atoms with Gasteiger partial charge in [0.05, 0.1) is 10.7 Å². The normalized spacial score (nSPS) is 23.2. The Morgan fingerprint density at radius 3 is 2.17 bits per heavy atom. The number of hydrogen-bond acceptors (Lipinski definition) is 4. The van der Waals surface area contributed by atoms with E-state index in [1.165, 1.54) is 31.4 Å². The molecule has 0 bridgehead atoms. The van der Waals surface area contributed by atoms with Gasteiger partial charge in [0.2, 0.25) is 0 Å². The number of anilines is 2. The number of piperidine rings is 2. The first-order valence-corrected chi connectivity index (χ1v) is 9.14. The standard InChI is InChI=1S/C18H28ClN3O/c1-13(23)21-8-4-14(5-9-21)15-6-10-22(11-7-15)16-2-3-18(20)17(19)12-16/h2-3,12-15,23H,4-11,20H2,1H3. The Morgan fingerprint density at radius 2 is 1.65 bits per heavy atom. The number of aliphatic hydroxyl groups is 1. The number of aliphatic hydroxyl groups excluding tert-OH is 1. The molecule has 2 aliphatic heterocycles. The highest BCUT2D eigenvalue weighted by Crippen LogP contribution is 2.35. The van der Waals surface area contributed by atoms with Gasteiger partial charge in [-0.1, -0.05) is 11.6 Å².